The summed E-state index contributed by atoms with van der Waals surface area (Å²) in [6.45, 7) is 1.78. The molecule has 1 spiro atoms. The number of fused-ring (bicyclic) bond motifs is 1. The van der Waals surface area contributed by atoms with Gasteiger partial charge in [0.05, 0.1) is 24.5 Å². The Kier molecular flexibility index (Phi) is 4.93. The maximum absolute atomic E-state index is 12.5. The van der Waals surface area contributed by atoms with Crippen LogP contribution in [-0.2, 0) is 16.0 Å². The summed E-state index contributed by atoms with van der Waals surface area (Å²) in [4.78, 5) is 14.1. The van der Waals surface area contributed by atoms with Gasteiger partial charge in [-0.25, -0.2) is 0 Å². The molecule has 1 amide bonds. The van der Waals surface area contributed by atoms with Gasteiger partial charge in [0.25, 0.3) is 0 Å². The number of carbonyl (C=O) groups is 1. The number of nitrogens with one attached hydrogen (secondary N) is 1. The third-order valence-electron chi connectivity index (χ3n) is 6.31. The largest absolute Gasteiger partial charge is 0.390 e. The number of halogens is 3. The van der Waals surface area contributed by atoms with E-state index >= 15 is 0 Å². The molecule has 3 heterocycles. The fraction of sp³-hybridized carbons (Fsp3) is 0.650. The molecule has 2 bridgehead atoms. The van der Waals surface area contributed by atoms with Crippen molar-refractivity contribution >= 4 is 5.91 Å². The smallest absolute Gasteiger partial charge is 0.370 e. The summed E-state index contributed by atoms with van der Waals surface area (Å²) in [6.07, 6.45) is -2.59. The number of amides is 1. The number of carbonyl (C=O) groups excluding carboxylic acids is 1. The standard InChI is InChI=1S/C20H25F3N2O2/c21-20(22,23)8-9-25-12-16-15(17-6-7-19(16,13-25)27-17)11-24-18(26)10-14-4-2-1-3-5-14/h1-5,15-17H,6-13H2,(H,24,26)/t15-,16+,17+,19+/m0/s1. The van der Waals surface area contributed by atoms with Gasteiger partial charge in [0.1, 0.15) is 0 Å². The topological polar surface area (TPSA) is 41.6 Å². The van der Waals surface area contributed by atoms with E-state index in [0.29, 0.717) is 26.1 Å². The minimum atomic E-state index is -4.13. The zero-order valence-corrected chi connectivity index (χ0v) is 15.2. The Morgan fingerprint density at radius 3 is 2.81 bits per heavy atom. The van der Waals surface area contributed by atoms with Crippen LogP contribution in [0.25, 0.3) is 0 Å². The molecule has 4 rings (SSSR count). The average Bonchev–Trinajstić information content (AvgIpc) is 3.26. The zero-order valence-electron chi connectivity index (χ0n) is 15.2. The van der Waals surface area contributed by atoms with Gasteiger partial charge in [0, 0.05) is 38.0 Å². The average molecular weight is 382 g/mol. The number of alkyl halides is 3. The Morgan fingerprint density at radius 1 is 1.30 bits per heavy atom. The van der Waals surface area contributed by atoms with Crippen LogP contribution in [-0.4, -0.2) is 54.9 Å². The summed E-state index contributed by atoms with van der Waals surface area (Å²) in [6, 6.07) is 9.57. The lowest BCUT2D eigenvalue weighted by Gasteiger charge is -2.29. The van der Waals surface area contributed by atoms with Gasteiger partial charge in [0.15, 0.2) is 0 Å². The molecule has 27 heavy (non-hydrogen) atoms. The first kappa shape index (κ1) is 18.7. The van der Waals surface area contributed by atoms with Crippen LogP contribution in [0.2, 0.25) is 0 Å². The van der Waals surface area contributed by atoms with Crippen molar-refractivity contribution in [3.63, 3.8) is 0 Å². The molecule has 1 N–H and O–H groups in total. The first-order valence-electron chi connectivity index (χ1n) is 9.62. The lowest BCUT2D eigenvalue weighted by atomic mass is 9.73. The lowest BCUT2D eigenvalue weighted by Crippen LogP contribution is -2.42. The number of nitrogens with zero attached hydrogens (tertiary/aromatic N) is 1. The second-order valence-corrected chi connectivity index (χ2v) is 8.10. The second-order valence-electron chi connectivity index (χ2n) is 8.10. The number of benzene rings is 1. The van der Waals surface area contributed by atoms with Gasteiger partial charge in [0.2, 0.25) is 5.91 Å². The van der Waals surface area contributed by atoms with Crippen molar-refractivity contribution in [3.05, 3.63) is 35.9 Å². The summed E-state index contributed by atoms with van der Waals surface area (Å²) in [5.74, 6) is 0.376. The third-order valence-corrected chi connectivity index (χ3v) is 6.31. The van der Waals surface area contributed by atoms with Crippen LogP contribution >= 0.6 is 0 Å². The van der Waals surface area contributed by atoms with E-state index in [-0.39, 0.29) is 36.0 Å². The Balaban J connectivity index is 1.32. The molecule has 0 saturated carbocycles. The highest BCUT2D eigenvalue weighted by molar-refractivity contribution is 5.78. The number of hydrogen-bond acceptors (Lipinski definition) is 3. The van der Waals surface area contributed by atoms with Gasteiger partial charge in [-0.2, -0.15) is 13.2 Å². The van der Waals surface area contributed by atoms with E-state index in [0.717, 1.165) is 18.4 Å². The van der Waals surface area contributed by atoms with Gasteiger partial charge in [-0.15, -0.1) is 0 Å². The van der Waals surface area contributed by atoms with Crippen LogP contribution < -0.4 is 5.32 Å². The van der Waals surface area contributed by atoms with Gasteiger partial charge >= 0.3 is 6.18 Å². The van der Waals surface area contributed by atoms with Gasteiger partial charge in [-0.05, 0) is 18.4 Å². The van der Waals surface area contributed by atoms with Crippen molar-refractivity contribution in [3.8, 4) is 0 Å². The van der Waals surface area contributed by atoms with Crippen LogP contribution in [0.15, 0.2) is 30.3 Å². The number of likely N-dealkylation sites (tertiary alicyclic amines) is 1. The van der Waals surface area contributed by atoms with Crippen molar-refractivity contribution in [1.82, 2.24) is 10.2 Å². The molecule has 3 aliphatic heterocycles. The van der Waals surface area contributed by atoms with Crippen LogP contribution in [0.3, 0.4) is 0 Å². The van der Waals surface area contributed by atoms with Crippen LogP contribution in [0.4, 0.5) is 13.2 Å². The molecule has 3 aliphatic rings. The van der Waals surface area contributed by atoms with Gasteiger partial charge < -0.3 is 10.1 Å². The first-order valence-corrected chi connectivity index (χ1v) is 9.62. The van der Waals surface area contributed by atoms with E-state index in [4.69, 9.17) is 4.74 Å². The first-order chi connectivity index (χ1) is 12.8. The molecule has 3 saturated heterocycles. The predicted molar refractivity (Wildman–Crippen MR) is 94.1 cm³/mol. The molecule has 1 aromatic rings. The van der Waals surface area contributed by atoms with E-state index in [9.17, 15) is 18.0 Å². The number of rotatable bonds is 6. The molecule has 0 aromatic heterocycles. The highest BCUT2D eigenvalue weighted by atomic mass is 19.4. The summed E-state index contributed by atoms with van der Waals surface area (Å²) >= 11 is 0. The molecule has 0 aliphatic carbocycles. The van der Waals surface area contributed by atoms with Crippen LogP contribution in [0, 0.1) is 11.8 Å². The van der Waals surface area contributed by atoms with Crippen LogP contribution in [0.5, 0.6) is 0 Å². The Hall–Kier alpha value is -1.60. The van der Waals surface area contributed by atoms with E-state index in [2.05, 4.69) is 5.32 Å². The molecule has 3 fully saturated rings. The summed E-state index contributed by atoms with van der Waals surface area (Å²) in [5, 5.41) is 3.02. The Bertz CT molecular complexity index is 682. The van der Waals surface area contributed by atoms with E-state index in [1.54, 1.807) is 0 Å². The maximum atomic E-state index is 12.5. The molecule has 0 unspecified atom stereocenters. The van der Waals surface area contributed by atoms with Crippen molar-refractivity contribution in [2.24, 2.45) is 11.8 Å². The SMILES string of the molecule is O=C(Cc1ccccc1)NC[C@H]1[C@H]2CN(CCC(F)(F)F)C[C@]23CC[C@H]1O3. The zero-order chi connectivity index (χ0) is 19.1. The van der Waals surface area contributed by atoms with E-state index < -0.39 is 12.6 Å². The van der Waals surface area contributed by atoms with Crippen molar-refractivity contribution in [2.75, 3.05) is 26.2 Å². The third kappa shape index (κ3) is 3.99. The highest BCUT2D eigenvalue weighted by Gasteiger charge is 2.62. The van der Waals surface area contributed by atoms with Crippen molar-refractivity contribution in [2.45, 2.75) is 43.6 Å². The fourth-order valence-electron chi connectivity index (χ4n) is 5.09. The lowest BCUT2D eigenvalue weighted by molar-refractivity contribution is -0.138. The van der Waals surface area contributed by atoms with Crippen LogP contribution in [0.1, 0.15) is 24.8 Å². The predicted octanol–water partition coefficient (Wildman–Crippen LogP) is 2.78. The summed E-state index contributed by atoms with van der Waals surface area (Å²) in [5.41, 5.74) is 0.667. The summed E-state index contributed by atoms with van der Waals surface area (Å²) in [7, 11) is 0. The highest BCUT2D eigenvalue weighted by Crippen LogP contribution is 2.54. The Labute approximate surface area is 157 Å². The minimum absolute atomic E-state index is 0.0232. The maximum Gasteiger partial charge on any atom is 0.390 e. The second kappa shape index (κ2) is 7.09. The Morgan fingerprint density at radius 2 is 2.07 bits per heavy atom. The summed E-state index contributed by atoms with van der Waals surface area (Å²) < 4.78 is 43.9. The monoisotopic (exact) mass is 382 g/mol. The molecule has 4 atom stereocenters. The van der Waals surface area contributed by atoms with E-state index in [1.165, 1.54) is 0 Å². The van der Waals surface area contributed by atoms with Gasteiger partial charge in [-0.1, -0.05) is 30.3 Å². The number of hydrogen-bond donors (Lipinski definition) is 1. The molecular weight excluding hydrogens is 357 g/mol. The van der Waals surface area contributed by atoms with Crippen molar-refractivity contribution < 1.29 is 22.7 Å². The molecule has 1 aromatic carbocycles. The van der Waals surface area contributed by atoms with Gasteiger partial charge in [-0.3, -0.25) is 9.69 Å². The van der Waals surface area contributed by atoms with Crippen molar-refractivity contribution in [1.29, 1.82) is 0 Å². The molecule has 0 radical (unpaired) electrons. The molecule has 148 valence electrons. The number of ether oxygens (including phenoxy) is 1. The molecular formula is C20H25F3N2O2. The quantitative estimate of drug-likeness (QED) is 0.823. The fourth-order valence-corrected chi connectivity index (χ4v) is 5.09. The normalized spacial score (nSPS) is 32.6. The minimum Gasteiger partial charge on any atom is -0.370 e. The molecule has 4 nitrogen and oxygen atoms in total. The van der Waals surface area contributed by atoms with E-state index in [1.807, 2.05) is 35.2 Å². The molecule has 7 heteroatoms.